The number of H-pyrrole nitrogens is 1. The van der Waals surface area contributed by atoms with Gasteiger partial charge in [-0.1, -0.05) is 25.3 Å². The zero-order valence-corrected chi connectivity index (χ0v) is 17.1. The van der Waals surface area contributed by atoms with Crippen LogP contribution >= 0.6 is 11.3 Å². The van der Waals surface area contributed by atoms with Gasteiger partial charge in [0.1, 0.15) is 16.4 Å². The molecule has 1 amide bonds. The van der Waals surface area contributed by atoms with Crippen molar-refractivity contribution in [1.82, 2.24) is 29.9 Å². The van der Waals surface area contributed by atoms with E-state index in [2.05, 4.69) is 25.5 Å². The van der Waals surface area contributed by atoms with Crippen LogP contribution in [-0.2, 0) is 0 Å². The van der Waals surface area contributed by atoms with E-state index in [0.717, 1.165) is 29.1 Å². The largest absolute Gasteiger partial charge is 0.317 e. The van der Waals surface area contributed by atoms with Gasteiger partial charge >= 0.3 is 0 Å². The lowest BCUT2D eigenvalue weighted by Crippen LogP contribution is -2.14. The summed E-state index contributed by atoms with van der Waals surface area (Å²) in [6, 6.07) is 6.06. The molecule has 0 aromatic carbocycles. The Hall–Kier alpha value is -3.33. The summed E-state index contributed by atoms with van der Waals surface area (Å²) in [5.74, 6) is -0.263. The van der Waals surface area contributed by atoms with Crippen LogP contribution in [0.1, 0.15) is 48.6 Å². The number of anilines is 1. The number of amides is 1. The molecule has 152 valence electrons. The van der Waals surface area contributed by atoms with Crippen molar-refractivity contribution >= 4 is 22.9 Å². The van der Waals surface area contributed by atoms with Crippen molar-refractivity contribution in [3.8, 4) is 22.0 Å². The third-order valence-corrected chi connectivity index (χ3v) is 6.21. The molecule has 1 aliphatic carbocycles. The second kappa shape index (κ2) is 8.19. The zero-order chi connectivity index (χ0) is 20.3. The molecule has 2 N–H and O–H groups in total. The molecule has 1 fully saturated rings. The normalized spacial score (nSPS) is 14.7. The Morgan fingerprint density at radius 1 is 1.23 bits per heavy atom. The molecule has 4 aromatic rings. The monoisotopic (exact) mass is 419 g/mol. The van der Waals surface area contributed by atoms with Crippen molar-refractivity contribution in [3.05, 3.63) is 54.1 Å². The molecule has 4 aromatic heterocycles. The maximum Gasteiger partial charge on any atom is 0.275 e. The Morgan fingerprint density at radius 3 is 2.90 bits per heavy atom. The molecule has 9 heteroatoms. The Bertz CT molecular complexity index is 1130. The first-order valence-electron chi connectivity index (χ1n) is 10.0. The van der Waals surface area contributed by atoms with Gasteiger partial charge in [0.2, 0.25) is 0 Å². The lowest BCUT2D eigenvalue weighted by atomic mass is 9.96. The van der Waals surface area contributed by atoms with Gasteiger partial charge < -0.3 is 5.32 Å². The number of hydrogen-bond donors (Lipinski definition) is 2. The van der Waals surface area contributed by atoms with Gasteiger partial charge in [-0.05, 0) is 25.0 Å². The molecule has 4 heterocycles. The predicted molar refractivity (Wildman–Crippen MR) is 115 cm³/mol. The number of carbonyl (C=O) groups is 1. The van der Waals surface area contributed by atoms with Crippen LogP contribution in [0.25, 0.3) is 22.0 Å². The van der Waals surface area contributed by atoms with E-state index in [1.165, 1.54) is 30.6 Å². The molecule has 0 aliphatic heterocycles. The minimum absolute atomic E-state index is 0.263. The quantitative estimate of drug-likeness (QED) is 0.494. The molecular formula is C21H21N7OS. The van der Waals surface area contributed by atoms with Crippen molar-refractivity contribution in [2.24, 2.45) is 0 Å². The SMILES string of the molecule is O=C(Nc1cn(C2CCCCC2)nc1-c1ccccn1)c1csc(-c2cn[nH]c2)n1. The van der Waals surface area contributed by atoms with Gasteiger partial charge in [-0.25, -0.2) is 4.98 Å². The number of nitrogens with zero attached hydrogens (tertiary/aromatic N) is 5. The van der Waals surface area contributed by atoms with E-state index in [4.69, 9.17) is 5.10 Å². The molecule has 0 radical (unpaired) electrons. The van der Waals surface area contributed by atoms with E-state index in [9.17, 15) is 4.79 Å². The number of nitrogens with one attached hydrogen (secondary N) is 2. The number of aromatic nitrogens is 6. The number of thiazole rings is 1. The van der Waals surface area contributed by atoms with Gasteiger partial charge in [0.15, 0.2) is 0 Å². The Balaban J connectivity index is 1.44. The lowest BCUT2D eigenvalue weighted by molar-refractivity contribution is 0.102. The minimum atomic E-state index is -0.263. The number of aromatic amines is 1. The van der Waals surface area contributed by atoms with Gasteiger partial charge in [-0.15, -0.1) is 11.3 Å². The molecule has 30 heavy (non-hydrogen) atoms. The van der Waals surface area contributed by atoms with Gasteiger partial charge in [0, 0.05) is 29.5 Å². The summed E-state index contributed by atoms with van der Waals surface area (Å²) in [5.41, 5.74) is 3.30. The van der Waals surface area contributed by atoms with Crippen LogP contribution in [0, 0.1) is 0 Å². The number of pyridine rings is 1. The fraction of sp³-hybridized carbons (Fsp3) is 0.286. The van der Waals surface area contributed by atoms with E-state index in [1.54, 1.807) is 24.0 Å². The van der Waals surface area contributed by atoms with Crippen molar-refractivity contribution < 1.29 is 4.79 Å². The molecule has 0 unspecified atom stereocenters. The van der Waals surface area contributed by atoms with Crippen molar-refractivity contribution in [3.63, 3.8) is 0 Å². The summed E-state index contributed by atoms with van der Waals surface area (Å²) in [6.07, 6.45) is 13.0. The highest BCUT2D eigenvalue weighted by Gasteiger charge is 2.22. The average molecular weight is 420 g/mol. The highest BCUT2D eigenvalue weighted by Crippen LogP contribution is 2.32. The van der Waals surface area contributed by atoms with Gasteiger partial charge in [-0.2, -0.15) is 10.2 Å². The molecule has 0 spiro atoms. The van der Waals surface area contributed by atoms with Gasteiger partial charge in [0.05, 0.1) is 23.6 Å². The molecule has 0 atom stereocenters. The first kappa shape index (κ1) is 18.7. The number of carbonyl (C=O) groups excluding carboxylic acids is 1. The van der Waals surface area contributed by atoms with E-state index >= 15 is 0 Å². The molecule has 8 nitrogen and oxygen atoms in total. The molecule has 1 saturated carbocycles. The van der Waals surface area contributed by atoms with Crippen molar-refractivity contribution in [2.75, 3.05) is 5.32 Å². The van der Waals surface area contributed by atoms with Crippen LogP contribution in [0.4, 0.5) is 5.69 Å². The topological polar surface area (TPSA) is 101 Å². The molecule has 0 bridgehead atoms. The summed E-state index contributed by atoms with van der Waals surface area (Å²) in [4.78, 5) is 21.8. The number of rotatable bonds is 5. The van der Waals surface area contributed by atoms with Crippen molar-refractivity contribution in [1.29, 1.82) is 0 Å². The van der Waals surface area contributed by atoms with Crippen LogP contribution in [0.2, 0.25) is 0 Å². The second-order valence-electron chi connectivity index (χ2n) is 7.36. The van der Waals surface area contributed by atoms with Crippen LogP contribution in [-0.4, -0.2) is 35.9 Å². The average Bonchev–Trinajstić information content (AvgIpc) is 3.55. The lowest BCUT2D eigenvalue weighted by Gasteiger charge is -2.21. The molecule has 0 saturated heterocycles. The van der Waals surface area contributed by atoms with Crippen LogP contribution in [0.3, 0.4) is 0 Å². The smallest absolute Gasteiger partial charge is 0.275 e. The Morgan fingerprint density at radius 2 is 2.13 bits per heavy atom. The van der Waals surface area contributed by atoms with Gasteiger partial charge in [-0.3, -0.25) is 19.6 Å². The second-order valence-corrected chi connectivity index (χ2v) is 8.22. The third kappa shape index (κ3) is 3.76. The van der Waals surface area contributed by atoms with Gasteiger partial charge in [0.25, 0.3) is 5.91 Å². The number of hydrogen-bond acceptors (Lipinski definition) is 6. The van der Waals surface area contributed by atoms with Crippen molar-refractivity contribution in [2.45, 2.75) is 38.1 Å². The predicted octanol–water partition coefficient (Wildman–Crippen LogP) is 4.55. The van der Waals surface area contributed by atoms with E-state index in [0.29, 0.717) is 23.1 Å². The molecule has 1 aliphatic rings. The molecular weight excluding hydrogens is 398 g/mol. The fourth-order valence-electron chi connectivity index (χ4n) is 3.77. The maximum absolute atomic E-state index is 12.9. The summed E-state index contributed by atoms with van der Waals surface area (Å²) in [6.45, 7) is 0. The summed E-state index contributed by atoms with van der Waals surface area (Å²) >= 11 is 1.41. The first-order chi connectivity index (χ1) is 14.8. The Labute approximate surface area is 177 Å². The summed E-state index contributed by atoms with van der Waals surface area (Å²) < 4.78 is 2.00. The first-order valence-corrected chi connectivity index (χ1v) is 10.9. The van der Waals surface area contributed by atoms with E-state index in [-0.39, 0.29) is 5.91 Å². The fourth-order valence-corrected chi connectivity index (χ4v) is 4.55. The van der Waals surface area contributed by atoms with E-state index < -0.39 is 0 Å². The minimum Gasteiger partial charge on any atom is -0.317 e. The Kier molecular flexibility index (Phi) is 5.10. The standard InChI is InChI=1S/C21H21N7OS/c29-20(18-13-30-21(26-18)14-10-23-24-11-14)25-17-12-28(15-6-2-1-3-7-15)27-19(17)16-8-4-5-9-22-16/h4-5,8-13,15H,1-3,6-7H2,(H,23,24)(H,25,29). The highest BCUT2D eigenvalue weighted by molar-refractivity contribution is 7.13. The van der Waals surface area contributed by atoms with E-state index in [1.807, 2.05) is 29.1 Å². The molecule has 5 rings (SSSR count). The summed E-state index contributed by atoms with van der Waals surface area (Å²) in [5, 5.41) is 17.0. The highest BCUT2D eigenvalue weighted by atomic mass is 32.1. The maximum atomic E-state index is 12.9. The third-order valence-electron chi connectivity index (χ3n) is 5.32. The zero-order valence-electron chi connectivity index (χ0n) is 16.3. The van der Waals surface area contributed by atoms with Crippen LogP contribution in [0.15, 0.2) is 48.4 Å². The summed E-state index contributed by atoms with van der Waals surface area (Å²) in [7, 11) is 0. The van der Waals surface area contributed by atoms with Crippen LogP contribution in [0.5, 0.6) is 0 Å². The van der Waals surface area contributed by atoms with Crippen LogP contribution < -0.4 is 5.32 Å².